The summed E-state index contributed by atoms with van der Waals surface area (Å²) < 4.78 is 26.1. The lowest BCUT2D eigenvalue weighted by atomic mass is 10.1. The van der Waals surface area contributed by atoms with E-state index in [0.717, 1.165) is 35.9 Å². The standard InChI is InChI=1S/C17H28N4O3S.ClH/c1-18-9-12-20(4)17(22)15-13-14(25(23,24)19(2)3)7-8-16(15)21-10-5-6-11-21;/h7-8,13,18H,5-6,9-12H2,1-4H3;1H. The topological polar surface area (TPSA) is 73.0 Å². The molecule has 1 fully saturated rings. The van der Waals surface area contributed by atoms with Gasteiger partial charge in [0.25, 0.3) is 5.91 Å². The summed E-state index contributed by atoms with van der Waals surface area (Å²) >= 11 is 0. The van der Waals surface area contributed by atoms with E-state index in [9.17, 15) is 13.2 Å². The Balaban J connectivity index is 0.00000338. The Labute approximate surface area is 162 Å². The Hall–Kier alpha value is -1.35. The van der Waals surface area contributed by atoms with E-state index in [4.69, 9.17) is 0 Å². The molecule has 0 bridgehead atoms. The van der Waals surface area contributed by atoms with Gasteiger partial charge in [0.1, 0.15) is 0 Å². The number of hydrogen-bond acceptors (Lipinski definition) is 5. The molecule has 1 saturated heterocycles. The molecular formula is C17H29ClN4O3S. The smallest absolute Gasteiger partial charge is 0.255 e. The zero-order valence-electron chi connectivity index (χ0n) is 15.9. The summed E-state index contributed by atoms with van der Waals surface area (Å²) in [5, 5.41) is 3.02. The van der Waals surface area contributed by atoms with Gasteiger partial charge < -0.3 is 15.1 Å². The Morgan fingerprint density at radius 2 is 1.81 bits per heavy atom. The molecule has 1 aliphatic heterocycles. The molecule has 0 atom stereocenters. The van der Waals surface area contributed by atoms with Gasteiger partial charge in [-0.2, -0.15) is 0 Å². The van der Waals surface area contributed by atoms with Crippen molar-refractivity contribution in [2.75, 3.05) is 59.3 Å². The SMILES string of the molecule is CNCCN(C)C(=O)c1cc(S(=O)(=O)N(C)C)ccc1N1CCCC1.Cl. The first-order chi connectivity index (χ1) is 11.8. The quantitative estimate of drug-likeness (QED) is 0.740. The Morgan fingerprint density at radius 1 is 1.19 bits per heavy atom. The lowest BCUT2D eigenvalue weighted by Crippen LogP contribution is -2.34. The maximum Gasteiger partial charge on any atom is 0.255 e. The van der Waals surface area contributed by atoms with Crippen molar-refractivity contribution in [2.24, 2.45) is 0 Å². The number of amides is 1. The first-order valence-electron chi connectivity index (χ1n) is 8.50. The molecule has 1 N–H and O–H groups in total. The number of sulfonamides is 1. The van der Waals surface area contributed by atoms with Crippen molar-refractivity contribution >= 4 is 34.0 Å². The lowest BCUT2D eigenvalue weighted by Gasteiger charge is -2.25. The summed E-state index contributed by atoms with van der Waals surface area (Å²) in [4.78, 5) is 16.9. The molecule has 0 spiro atoms. The van der Waals surface area contributed by atoms with Crippen molar-refractivity contribution in [3.63, 3.8) is 0 Å². The summed E-state index contributed by atoms with van der Waals surface area (Å²) in [6, 6.07) is 4.87. The Kier molecular flexibility index (Phi) is 8.33. The van der Waals surface area contributed by atoms with Gasteiger partial charge in [-0.05, 0) is 38.1 Å². The van der Waals surface area contributed by atoms with Crippen LogP contribution >= 0.6 is 12.4 Å². The van der Waals surface area contributed by atoms with Crippen molar-refractivity contribution in [2.45, 2.75) is 17.7 Å². The van der Waals surface area contributed by atoms with E-state index in [-0.39, 0.29) is 23.2 Å². The first kappa shape index (κ1) is 22.7. The normalized spacial score (nSPS) is 14.4. The van der Waals surface area contributed by atoms with Crippen LogP contribution in [-0.2, 0) is 10.0 Å². The second kappa shape index (κ2) is 9.55. The average molecular weight is 405 g/mol. The van der Waals surface area contributed by atoms with Crippen LogP contribution < -0.4 is 10.2 Å². The van der Waals surface area contributed by atoms with Crippen molar-refractivity contribution in [3.05, 3.63) is 23.8 Å². The molecule has 0 aromatic heterocycles. The van der Waals surface area contributed by atoms with Crippen molar-refractivity contribution in [1.29, 1.82) is 0 Å². The van der Waals surface area contributed by atoms with Crippen LogP contribution in [0.3, 0.4) is 0 Å². The van der Waals surface area contributed by atoms with E-state index in [1.807, 2.05) is 7.05 Å². The van der Waals surface area contributed by atoms with E-state index in [1.54, 1.807) is 24.1 Å². The Morgan fingerprint density at radius 3 is 2.35 bits per heavy atom. The third-order valence-electron chi connectivity index (χ3n) is 4.47. The summed E-state index contributed by atoms with van der Waals surface area (Å²) in [7, 11) is 2.96. The van der Waals surface area contributed by atoms with Gasteiger partial charge in [0.15, 0.2) is 0 Å². The molecule has 7 nitrogen and oxygen atoms in total. The zero-order valence-corrected chi connectivity index (χ0v) is 17.5. The van der Waals surface area contributed by atoms with Gasteiger partial charge in [-0.3, -0.25) is 4.79 Å². The van der Waals surface area contributed by atoms with Crippen LogP contribution in [0.2, 0.25) is 0 Å². The van der Waals surface area contributed by atoms with E-state index < -0.39 is 10.0 Å². The molecule has 148 valence electrons. The zero-order chi connectivity index (χ0) is 18.6. The third-order valence-corrected chi connectivity index (χ3v) is 6.28. The van der Waals surface area contributed by atoms with E-state index in [2.05, 4.69) is 10.2 Å². The third kappa shape index (κ3) is 4.88. The summed E-state index contributed by atoms with van der Waals surface area (Å²) in [5.41, 5.74) is 1.26. The average Bonchev–Trinajstić information content (AvgIpc) is 3.12. The van der Waals surface area contributed by atoms with Gasteiger partial charge in [-0.25, -0.2) is 12.7 Å². The molecule has 0 saturated carbocycles. The second-order valence-electron chi connectivity index (χ2n) is 6.49. The molecular weight excluding hydrogens is 376 g/mol. The van der Waals surface area contributed by atoms with Crippen LogP contribution in [0.25, 0.3) is 0 Å². The molecule has 1 aromatic carbocycles. The first-order valence-corrected chi connectivity index (χ1v) is 9.94. The van der Waals surface area contributed by atoms with Gasteiger partial charge in [0.2, 0.25) is 10.0 Å². The largest absolute Gasteiger partial charge is 0.371 e. The number of carbonyl (C=O) groups is 1. The maximum atomic E-state index is 12.9. The minimum Gasteiger partial charge on any atom is -0.371 e. The van der Waals surface area contributed by atoms with E-state index in [1.165, 1.54) is 20.2 Å². The molecule has 1 amide bonds. The molecule has 0 unspecified atom stereocenters. The number of nitrogens with one attached hydrogen (secondary N) is 1. The monoisotopic (exact) mass is 404 g/mol. The number of benzene rings is 1. The van der Waals surface area contributed by atoms with Crippen LogP contribution in [0.5, 0.6) is 0 Å². The number of hydrogen-bond donors (Lipinski definition) is 1. The number of rotatable bonds is 7. The molecule has 0 radical (unpaired) electrons. The summed E-state index contributed by atoms with van der Waals surface area (Å²) in [6.45, 7) is 3.01. The highest BCUT2D eigenvalue weighted by atomic mass is 35.5. The highest BCUT2D eigenvalue weighted by Crippen LogP contribution is 2.29. The molecule has 1 heterocycles. The fourth-order valence-corrected chi connectivity index (χ4v) is 3.81. The number of anilines is 1. The van der Waals surface area contributed by atoms with Gasteiger partial charge in [0.05, 0.1) is 10.5 Å². The minimum absolute atomic E-state index is 0. The predicted octanol–water partition coefficient (Wildman–Crippen LogP) is 1.25. The number of carbonyl (C=O) groups excluding carboxylic acids is 1. The van der Waals surface area contributed by atoms with Crippen molar-refractivity contribution in [1.82, 2.24) is 14.5 Å². The molecule has 0 aliphatic carbocycles. The highest BCUT2D eigenvalue weighted by molar-refractivity contribution is 7.89. The number of likely N-dealkylation sites (N-methyl/N-ethyl adjacent to an activating group) is 2. The van der Waals surface area contributed by atoms with Crippen LogP contribution in [0.4, 0.5) is 5.69 Å². The summed E-state index contributed by atoms with van der Waals surface area (Å²) in [6.07, 6.45) is 2.17. The Bertz CT molecular complexity index is 719. The minimum atomic E-state index is -3.58. The van der Waals surface area contributed by atoms with Crippen molar-refractivity contribution in [3.8, 4) is 0 Å². The summed E-state index contributed by atoms with van der Waals surface area (Å²) in [5.74, 6) is -0.159. The molecule has 9 heteroatoms. The fourth-order valence-electron chi connectivity index (χ4n) is 2.88. The molecule has 2 rings (SSSR count). The van der Waals surface area contributed by atoms with Gasteiger partial charge in [0, 0.05) is 53.0 Å². The van der Waals surface area contributed by atoms with Crippen molar-refractivity contribution < 1.29 is 13.2 Å². The van der Waals surface area contributed by atoms with E-state index in [0.29, 0.717) is 18.7 Å². The molecule has 26 heavy (non-hydrogen) atoms. The molecule has 1 aromatic rings. The van der Waals surface area contributed by atoms with Crippen LogP contribution in [0.15, 0.2) is 23.1 Å². The predicted molar refractivity (Wildman–Crippen MR) is 107 cm³/mol. The van der Waals surface area contributed by atoms with Crippen LogP contribution in [0, 0.1) is 0 Å². The van der Waals surface area contributed by atoms with Gasteiger partial charge in [-0.15, -0.1) is 12.4 Å². The van der Waals surface area contributed by atoms with Crippen LogP contribution in [0.1, 0.15) is 23.2 Å². The lowest BCUT2D eigenvalue weighted by molar-refractivity contribution is 0.0797. The highest BCUT2D eigenvalue weighted by Gasteiger charge is 2.25. The molecule has 1 aliphatic rings. The van der Waals surface area contributed by atoms with Crippen LogP contribution in [-0.4, -0.2) is 77.9 Å². The van der Waals surface area contributed by atoms with Gasteiger partial charge >= 0.3 is 0 Å². The second-order valence-corrected chi connectivity index (χ2v) is 8.64. The number of nitrogens with zero attached hydrogens (tertiary/aromatic N) is 3. The maximum absolute atomic E-state index is 12.9. The van der Waals surface area contributed by atoms with E-state index >= 15 is 0 Å². The van der Waals surface area contributed by atoms with Gasteiger partial charge in [-0.1, -0.05) is 0 Å². The number of halogens is 1. The fraction of sp³-hybridized carbons (Fsp3) is 0.588.